The van der Waals surface area contributed by atoms with Gasteiger partial charge >= 0.3 is 0 Å². The standard InChI is InChI=1S/C23H17NO2/c1-25-20-12-6-3-9-16(20)22-15-8-2-5-11-19(15)24-23-17-10-4-7-13-21(17)26-14-18(22)23/h2-13H,14H2,1H3. The molecule has 3 nitrogen and oxygen atoms in total. The molecule has 1 aliphatic rings. The zero-order chi connectivity index (χ0) is 17.5. The van der Waals surface area contributed by atoms with Gasteiger partial charge in [-0.1, -0.05) is 48.5 Å². The highest BCUT2D eigenvalue weighted by Crippen LogP contribution is 2.45. The fourth-order valence-electron chi connectivity index (χ4n) is 3.71. The lowest BCUT2D eigenvalue weighted by Gasteiger charge is -2.24. The van der Waals surface area contributed by atoms with Gasteiger partial charge in [0.15, 0.2) is 0 Å². The smallest absolute Gasteiger partial charge is 0.129 e. The molecule has 0 saturated heterocycles. The average Bonchev–Trinajstić information content (AvgIpc) is 2.72. The zero-order valence-electron chi connectivity index (χ0n) is 14.4. The van der Waals surface area contributed by atoms with Gasteiger partial charge in [0.25, 0.3) is 0 Å². The first-order chi connectivity index (χ1) is 12.9. The van der Waals surface area contributed by atoms with Crippen molar-refractivity contribution in [1.82, 2.24) is 4.98 Å². The first kappa shape index (κ1) is 15.0. The lowest BCUT2D eigenvalue weighted by Crippen LogP contribution is -2.09. The summed E-state index contributed by atoms with van der Waals surface area (Å²) in [5.74, 6) is 1.73. The molecule has 0 spiro atoms. The third-order valence-electron chi connectivity index (χ3n) is 4.88. The molecule has 0 atom stereocenters. The maximum absolute atomic E-state index is 6.05. The van der Waals surface area contributed by atoms with Crippen LogP contribution in [-0.2, 0) is 6.61 Å². The maximum Gasteiger partial charge on any atom is 0.129 e. The van der Waals surface area contributed by atoms with Crippen molar-refractivity contribution in [2.75, 3.05) is 7.11 Å². The molecule has 0 amide bonds. The molecule has 0 saturated carbocycles. The number of pyridine rings is 1. The third-order valence-corrected chi connectivity index (χ3v) is 4.88. The summed E-state index contributed by atoms with van der Waals surface area (Å²) >= 11 is 0. The van der Waals surface area contributed by atoms with Gasteiger partial charge < -0.3 is 9.47 Å². The lowest BCUT2D eigenvalue weighted by atomic mass is 9.90. The van der Waals surface area contributed by atoms with E-state index in [-0.39, 0.29) is 0 Å². The molecule has 0 fully saturated rings. The molecule has 3 aromatic carbocycles. The van der Waals surface area contributed by atoms with Crippen molar-refractivity contribution >= 4 is 10.9 Å². The van der Waals surface area contributed by atoms with Crippen LogP contribution in [0.3, 0.4) is 0 Å². The number of aromatic nitrogens is 1. The molecule has 2 heterocycles. The molecule has 5 rings (SSSR count). The van der Waals surface area contributed by atoms with E-state index in [4.69, 9.17) is 14.5 Å². The summed E-state index contributed by atoms with van der Waals surface area (Å²) in [4.78, 5) is 4.98. The zero-order valence-corrected chi connectivity index (χ0v) is 14.4. The van der Waals surface area contributed by atoms with Crippen molar-refractivity contribution in [3.63, 3.8) is 0 Å². The highest BCUT2D eigenvalue weighted by Gasteiger charge is 2.25. The summed E-state index contributed by atoms with van der Waals surface area (Å²) in [5, 5.41) is 1.11. The van der Waals surface area contributed by atoms with E-state index in [1.54, 1.807) is 7.11 Å². The van der Waals surface area contributed by atoms with Crippen molar-refractivity contribution in [2.24, 2.45) is 0 Å². The van der Waals surface area contributed by atoms with Crippen LogP contribution in [0.2, 0.25) is 0 Å². The van der Waals surface area contributed by atoms with E-state index in [0.29, 0.717) is 6.61 Å². The Bertz CT molecular complexity index is 1130. The summed E-state index contributed by atoms with van der Waals surface area (Å²) in [6.07, 6.45) is 0. The van der Waals surface area contributed by atoms with Crippen LogP contribution in [0, 0.1) is 0 Å². The Hall–Kier alpha value is -3.33. The summed E-state index contributed by atoms with van der Waals surface area (Å²) in [6.45, 7) is 0.498. The normalized spacial score (nSPS) is 12.2. The van der Waals surface area contributed by atoms with E-state index in [0.717, 1.165) is 50.3 Å². The van der Waals surface area contributed by atoms with Gasteiger partial charge in [-0.2, -0.15) is 0 Å². The van der Waals surface area contributed by atoms with Crippen LogP contribution in [0.15, 0.2) is 72.8 Å². The molecule has 3 heteroatoms. The van der Waals surface area contributed by atoms with Crippen molar-refractivity contribution in [3.8, 4) is 33.9 Å². The Balaban J connectivity index is 1.92. The van der Waals surface area contributed by atoms with Crippen molar-refractivity contribution < 1.29 is 9.47 Å². The first-order valence-electron chi connectivity index (χ1n) is 8.64. The van der Waals surface area contributed by atoms with Crippen LogP contribution in [0.4, 0.5) is 0 Å². The second-order valence-corrected chi connectivity index (χ2v) is 6.32. The van der Waals surface area contributed by atoms with E-state index in [9.17, 15) is 0 Å². The third kappa shape index (κ3) is 2.17. The molecule has 26 heavy (non-hydrogen) atoms. The molecule has 0 aliphatic carbocycles. The van der Waals surface area contributed by atoms with Gasteiger partial charge in [-0.05, 0) is 24.3 Å². The number of fused-ring (bicyclic) bond motifs is 4. The molecule has 1 aliphatic heterocycles. The number of hydrogen-bond acceptors (Lipinski definition) is 3. The Morgan fingerprint density at radius 2 is 1.58 bits per heavy atom. The average molecular weight is 339 g/mol. The van der Waals surface area contributed by atoms with Crippen molar-refractivity contribution in [3.05, 3.63) is 78.4 Å². The molecular formula is C23H17NO2. The van der Waals surface area contributed by atoms with Crippen LogP contribution in [0.5, 0.6) is 11.5 Å². The minimum atomic E-state index is 0.498. The number of benzene rings is 3. The summed E-state index contributed by atoms with van der Waals surface area (Å²) in [6, 6.07) is 24.5. The number of rotatable bonds is 2. The number of para-hydroxylation sites is 3. The highest BCUT2D eigenvalue weighted by molar-refractivity contribution is 6.01. The van der Waals surface area contributed by atoms with E-state index in [2.05, 4.69) is 24.3 Å². The fourth-order valence-corrected chi connectivity index (χ4v) is 3.71. The van der Waals surface area contributed by atoms with Gasteiger partial charge in [0.2, 0.25) is 0 Å². The van der Waals surface area contributed by atoms with E-state index in [1.165, 1.54) is 0 Å². The second kappa shape index (κ2) is 5.88. The number of nitrogens with zero attached hydrogens (tertiary/aromatic N) is 1. The minimum Gasteiger partial charge on any atom is -0.496 e. The van der Waals surface area contributed by atoms with Crippen LogP contribution in [0.25, 0.3) is 33.3 Å². The topological polar surface area (TPSA) is 31.4 Å². The minimum absolute atomic E-state index is 0.498. The van der Waals surface area contributed by atoms with Crippen LogP contribution in [-0.4, -0.2) is 12.1 Å². The number of methoxy groups -OCH3 is 1. The molecular weight excluding hydrogens is 322 g/mol. The maximum atomic E-state index is 6.05. The summed E-state index contributed by atoms with van der Waals surface area (Å²) in [5.41, 5.74) is 6.31. The Labute approximate surface area is 151 Å². The van der Waals surface area contributed by atoms with Crippen molar-refractivity contribution in [2.45, 2.75) is 6.61 Å². The Morgan fingerprint density at radius 1 is 0.846 bits per heavy atom. The largest absolute Gasteiger partial charge is 0.496 e. The molecule has 0 radical (unpaired) electrons. The Morgan fingerprint density at radius 3 is 2.46 bits per heavy atom. The molecule has 0 bridgehead atoms. The molecule has 0 N–H and O–H groups in total. The molecule has 1 aromatic heterocycles. The lowest BCUT2D eigenvalue weighted by molar-refractivity contribution is 0.302. The summed E-state index contributed by atoms with van der Waals surface area (Å²) < 4.78 is 11.7. The SMILES string of the molecule is COc1ccccc1-c1c2c(nc3ccccc13)-c1ccccc1OC2. The summed E-state index contributed by atoms with van der Waals surface area (Å²) in [7, 11) is 1.71. The second-order valence-electron chi connectivity index (χ2n) is 6.32. The van der Waals surface area contributed by atoms with Crippen LogP contribution < -0.4 is 9.47 Å². The van der Waals surface area contributed by atoms with Crippen molar-refractivity contribution in [1.29, 1.82) is 0 Å². The molecule has 126 valence electrons. The monoisotopic (exact) mass is 339 g/mol. The predicted molar refractivity (Wildman–Crippen MR) is 103 cm³/mol. The van der Waals surface area contributed by atoms with Gasteiger partial charge in [-0.15, -0.1) is 0 Å². The van der Waals surface area contributed by atoms with E-state index in [1.807, 2.05) is 48.5 Å². The van der Waals surface area contributed by atoms with E-state index >= 15 is 0 Å². The predicted octanol–water partition coefficient (Wildman–Crippen LogP) is 5.47. The van der Waals surface area contributed by atoms with Gasteiger partial charge in [-0.3, -0.25) is 0 Å². The van der Waals surface area contributed by atoms with Gasteiger partial charge in [0.1, 0.15) is 18.1 Å². The number of hydrogen-bond donors (Lipinski definition) is 0. The number of ether oxygens (including phenoxy) is 2. The van der Waals surface area contributed by atoms with Crippen LogP contribution in [0.1, 0.15) is 5.56 Å². The van der Waals surface area contributed by atoms with Gasteiger partial charge in [-0.25, -0.2) is 4.98 Å². The Kier molecular flexibility index (Phi) is 3.39. The van der Waals surface area contributed by atoms with E-state index < -0.39 is 0 Å². The molecule has 4 aromatic rings. The fraction of sp³-hybridized carbons (Fsp3) is 0.0870. The van der Waals surface area contributed by atoms with Gasteiger partial charge in [0, 0.05) is 27.6 Å². The quantitative estimate of drug-likeness (QED) is 0.485. The highest BCUT2D eigenvalue weighted by atomic mass is 16.5. The molecule has 0 unspecified atom stereocenters. The van der Waals surface area contributed by atoms with Crippen LogP contribution >= 0.6 is 0 Å². The first-order valence-corrected chi connectivity index (χ1v) is 8.64. The van der Waals surface area contributed by atoms with Gasteiger partial charge in [0.05, 0.1) is 18.3 Å².